The summed E-state index contributed by atoms with van der Waals surface area (Å²) in [6.45, 7) is 3.32. The molecule has 5 nitrogen and oxygen atoms in total. The summed E-state index contributed by atoms with van der Waals surface area (Å²) in [6.07, 6.45) is 0.444. The fourth-order valence-corrected chi connectivity index (χ4v) is 1.79. The van der Waals surface area contributed by atoms with E-state index in [1.165, 1.54) is 6.07 Å². The van der Waals surface area contributed by atoms with E-state index in [2.05, 4.69) is 5.32 Å². The third kappa shape index (κ3) is 3.01. The van der Waals surface area contributed by atoms with Gasteiger partial charge in [-0.3, -0.25) is 4.79 Å². The molecule has 1 rings (SSSR count). The van der Waals surface area contributed by atoms with Gasteiger partial charge in [0.15, 0.2) is 0 Å². The molecular formula is C13H17FN2O3. The molecule has 0 fully saturated rings. The van der Waals surface area contributed by atoms with Crippen molar-refractivity contribution in [3.05, 3.63) is 29.6 Å². The Kier molecular flexibility index (Phi) is 4.47. The summed E-state index contributed by atoms with van der Waals surface area (Å²) < 4.78 is 13.1. The minimum Gasteiger partial charge on any atom is -0.480 e. The number of amides is 1. The summed E-state index contributed by atoms with van der Waals surface area (Å²) in [4.78, 5) is 23.3. The smallest absolute Gasteiger partial charge is 0.329 e. The summed E-state index contributed by atoms with van der Waals surface area (Å²) in [5.74, 6) is -2.42. The van der Waals surface area contributed by atoms with Crippen molar-refractivity contribution in [3.8, 4) is 0 Å². The number of halogens is 1. The van der Waals surface area contributed by atoms with Gasteiger partial charge in [-0.1, -0.05) is 13.8 Å². The molecule has 1 aromatic rings. The minimum absolute atomic E-state index is 0.0625. The first kappa shape index (κ1) is 14.9. The predicted molar refractivity (Wildman–Crippen MR) is 69.2 cm³/mol. The van der Waals surface area contributed by atoms with Gasteiger partial charge in [0.05, 0.1) is 5.56 Å². The number of benzene rings is 1. The highest BCUT2D eigenvalue weighted by Crippen LogP contribution is 2.19. The monoisotopic (exact) mass is 268 g/mol. The van der Waals surface area contributed by atoms with Gasteiger partial charge in [-0.25, -0.2) is 9.18 Å². The molecule has 6 heteroatoms. The van der Waals surface area contributed by atoms with Crippen LogP contribution in [0.4, 0.5) is 10.1 Å². The second-order valence-corrected chi connectivity index (χ2v) is 4.28. The van der Waals surface area contributed by atoms with E-state index in [0.29, 0.717) is 0 Å². The van der Waals surface area contributed by atoms with Crippen LogP contribution in [-0.2, 0) is 4.79 Å². The number of hydrogen-bond donors (Lipinski definition) is 3. The Morgan fingerprint density at radius 2 is 1.95 bits per heavy atom. The van der Waals surface area contributed by atoms with Gasteiger partial charge in [0.25, 0.3) is 5.91 Å². The number of carbonyl (C=O) groups is 2. The Balaban J connectivity index is 3.07. The number of carboxylic acids is 1. The van der Waals surface area contributed by atoms with Crippen LogP contribution >= 0.6 is 0 Å². The molecule has 0 atom stereocenters. The van der Waals surface area contributed by atoms with Crippen molar-refractivity contribution in [2.75, 3.05) is 5.73 Å². The van der Waals surface area contributed by atoms with Crippen LogP contribution in [0.5, 0.6) is 0 Å². The molecule has 0 saturated heterocycles. The largest absolute Gasteiger partial charge is 0.480 e. The first-order chi connectivity index (χ1) is 8.86. The summed E-state index contributed by atoms with van der Waals surface area (Å²) >= 11 is 0. The summed E-state index contributed by atoms with van der Waals surface area (Å²) in [5.41, 5.74) is 4.27. The molecule has 1 aromatic carbocycles. The van der Waals surface area contributed by atoms with Gasteiger partial charge in [0.2, 0.25) is 0 Å². The van der Waals surface area contributed by atoms with Crippen LogP contribution in [0.25, 0.3) is 0 Å². The third-order valence-electron chi connectivity index (χ3n) is 3.23. The number of hydrogen-bond acceptors (Lipinski definition) is 3. The summed E-state index contributed by atoms with van der Waals surface area (Å²) in [5, 5.41) is 11.7. The second-order valence-electron chi connectivity index (χ2n) is 4.28. The van der Waals surface area contributed by atoms with E-state index in [9.17, 15) is 19.1 Å². The molecule has 104 valence electrons. The van der Waals surface area contributed by atoms with Gasteiger partial charge in [-0.05, 0) is 31.0 Å². The van der Waals surface area contributed by atoms with Crippen LogP contribution in [0, 0.1) is 5.82 Å². The SMILES string of the molecule is CCC(CC)(NC(=O)c1cc(F)ccc1N)C(=O)O. The first-order valence-electron chi connectivity index (χ1n) is 5.97. The van der Waals surface area contributed by atoms with Crippen molar-refractivity contribution in [2.45, 2.75) is 32.2 Å². The zero-order valence-electron chi connectivity index (χ0n) is 10.9. The molecule has 0 saturated carbocycles. The van der Waals surface area contributed by atoms with Crippen LogP contribution in [-0.4, -0.2) is 22.5 Å². The molecule has 0 aromatic heterocycles. The van der Waals surface area contributed by atoms with Crippen molar-refractivity contribution in [3.63, 3.8) is 0 Å². The van der Waals surface area contributed by atoms with Crippen LogP contribution in [0.1, 0.15) is 37.0 Å². The number of nitrogen functional groups attached to an aromatic ring is 1. The number of carboxylic acid groups (broad SMARTS) is 1. The fraction of sp³-hybridized carbons (Fsp3) is 0.385. The molecule has 0 aliphatic rings. The number of nitrogens with two attached hydrogens (primary N) is 1. The zero-order chi connectivity index (χ0) is 14.6. The van der Waals surface area contributed by atoms with Crippen molar-refractivity contribution >= 4 is 17.6 Å². The highest BCUT2D eigenvalue weighted by Gasteiger charge is 2.36. The highest BCUT2D eigenvalue weighted by atomic mass is 19.1. The van der Waals surface area contributed by atoms with Crippen molar-refractivity contribution in [2.24, 2.45) is 0 Å². The standard InChI is InChI=1S/C13H17FN2O3/c1-3-13(4-2,12(18)19)16-11(17)9-7-8(14)5-6-10(9)15/h5-7H,3-4,15H2,1-2H3,(H,16,17)(H,18,19). The number of rotatable bonds is 5. The van der Waals surface area contributed by atoms with Crippen molar-refractivity contribution in [1.82, 2.24) is 5.32 Å². The Morgan fingerprint density at radius 3 is 2.42 bits per heavy atom. The zero-order valence-corrected chi connectivity index (χ0v) is 10.9. The lowest BCUT2D eigenvalue weighted by molar-refractivity contribution is -0.144. The number of aliphatic carboxylic acids is 1. The fourth-order valence-electron chi connectivity index (χ4n) is 1.79. The molecule has 19 heavy (non-hydrogen) atoms. The van der Waals surface area contributed by atoms with Crippen LogP contribution in [0.2, 0.25) is 0 Å². The van der Waals surface area contributed by atoms with Gasteiger partial charge >= 0.3 is 5.97 Å². The maximum Gasteiger partial charge on any atom is 0.329 e. The van der Waals surface area contributed by atoms with Crippen molar-refractivity contribution in [1.29, 1.82) is 0 Å². The molecule has 4 N–H and O–H groups in total. The van der Waals surface area contributed by atoms with Crippen LogP contribution < -0.4 is 11.1 Å². The molecule has 0 unspecified atom stereocenters. The molecular weight excluding hydrogens is 251 g/mol. The number of nitrogens with one attached hydrogen (secondary N) is 1. The van der Waals surface area contributed by atoms with E-state index >= 15 is 0 Å². The predicted octanol–water partition coefficient (Wildman–Crippen LogP) is 1.78. The van der Waals surface area contributed by atoms with E-state index in [1.54, 1.807) is 13.8 Å². The average molecular weight is 268 g/mol. The molecule has 0 aliphatic carbocycles. The second kappa shape index (κ2) is 5.69. The van der Waals surface area contributed by atoms with Gasteiger partial charge in [0, 0.05) is 5.69 Å². The lowest BCUT2D eigenvalue weighted by Gasteiger charge is -2.28. The number of anilines is 1. The highest BCUT2D eigenvalue weighted by molar-refractivity contribution is 6.01. The van der Waals surface area contributed by atoms with Gasteiger partial charge in [-0.15, -0.1) is 0 Å². The summed E-state index contributed by atoms with van der Waals surface area (Å²) in [6, 6.07) is 3.39. The lowest BCUT2D eigenvalue weighted by atomic mass is 9.92. The molecule has 0 spiro atoms. The lowest BCUT2D eigenvalue weighted by Crippen LogP contribution is -2.53. The quantitative estimate of drug-likeness (QED) is 0.710. The number of carbonyl (C=O) groups excluding carboxylic acids is 1. The van der Waals surface area contributed by atoms with Crippen LogP contribution in [0.3, 0.4) is 0 Å². The Hall–Kier alpha value is -2.11. The minimum atomic E-state index is -1.37. The van der Waals surface area contributed by atoms with E-state index < -0.39 is 23.2 Å². The van der Waals surface area contributed by atoms with E-state index in [1.807, 2.05) is 0 Å². The molecule has 0 heterocycles. The van der Waals surface area contributed by atoms with Gasteiger partial charge < -0.3 is 16.2 Å². The van der Waals surface area contributed by atoms with E-state index in [0.717, 1.165) is 12.1 Å². The maximum absolute atomic E-state index is 13.1. The Labute approximate surface area is 110 Å². The van der Waals surface area contributed by atoms with Gasteiger partial charge in [-0.2, -0.15) is 0 Å². The topological polar surface area (TPSA) is 92.4 Å². The van der Waals surface area contributed by atoms with Gasteiger partial charge in [0.1, 0.15) is 11.4 Å². The van der Waals surface area contributed by atoms with E-state index in [-0.39, 0.29) is 24.1 Å². The molecule has 0 radical (unpaired) electrons. The maximum atomic E-state index is 13.1. The van der Waals surface area contributed by atoms with E-state index in [4.69, 9.17) is 5.73 Å². The Morgan fingerprint density at radius 1 is 1.37 bits per heavy atom. The molecule has 1 amide bonds. The third-order valence-corrected chi connectivity index (χ3v) is 3.23. The average Bonchev–Trinajstić information content (AvgIpc) is 2.38. The molecule has 0 aliphatic heterocycles. The Bertz CT molecular complexity index is 499. The molecule has 0 bridgehead atoms. The van der Waals surface area contributed by atoms with Crippen molar-refractivity contribution < 1.29 is 19.1 Å². The first-order valence-corrected chi connectivity index (χ1v) is 5.97. The van der Waals surface area contributed by atoms with Crippen LogP contribution in [0.15, 0.2) is 18.2 Å². The normalized spacial score (nSPS) is 11.1. The summed E-state index contributed by atoms with van der Waals surface area (Å²) in [7, 11) is 0.